The van der Waals surface area contributed by atoms with Crippen molar-refractivity contribution in [2.75, 3.05) is 17.6 Å². The largest absolute Gasteiger partial charge is 0.324 e. The first-order valence-electron chi connectivity index (χ1n) is 7.40. The van der Waals surface area contributed by atoms with Gasteiger partial charge >= 0.3 is 0 Å². The maximum absolute atomic E-state index is 12.3. The number of rotatable bonds is 4. The lowest BCUT2D eigenvalue weighted by atomic mass is 10.1. The maximum atomic E-state index is 12.3. The zero-order valence-electron chi connectivity index (χ0n) is 12.3. The van der Waals surface area contributed by atoms with Gasteiger partial charge in [0, 0.05) is 0 Å². The van der Waals surface area contributed by atoms with E-state index < -0.39 is 9.84 Å². The van der Waals surface area contributed by atoms with Crippen LogP contribution in [0.3, 0.4) is 0 Å². The third-order valence-corrected chi connectivity index (χ3v) is 5.52. The van der Waals surface area contributed by atoms with Gasteiger partial charge in [0.1, 0.15) is 0 Å². The van der Waals surface area contributed by atoms with Gasteiger partial charge in [-0.05, 0) is 31.5 Å². The summed E-state index contributed by atoms with van der Waals surface area (Å²) in [6.07, 6.45) is 4.00. The number of nitrogens with one attached hydrogen (secondary N) is 2. The average Bonchev–Trinajstić information content (AvgIpc) is 2.77. The van der Waals surface area contributed by atoms with Crippen LogP contribution in [0.1, 0.15) is 32.6 Å². The molecule has 0 aromatic heterocycles. The van der Waals surface area contributed by atoms with Crippen molar-refractivity contribution in [3.05, 3.63) is 24.3 Å². The molecule has 6 heteroatoms. The number of carbonyl (C=O) groups is 1. The molecule has 2 N–H and O–H groups in total. The summed E-state index contributed by atoms with van der Waals surface area (Å²) in [7, 11) is -3.35. The van der Waals surface area contributed by atoms with Crippen molar-refractivity contribution in [2.45, 2.75) is 43.5 Å². The van der Waals surface area contributed by atoms with Crippen LogP contribution in [0, 0.1) is 0 Å². The van der Waals surface area contributed by atoms with Gasteiger partial charge in [0.25, 0.3) is 0 Å². The normalized spacial score (nSPS) is 19.8. The van der Waals surface area contributed by atoms with Crippen molar-refractivity contribution < 1.29 is 13.2 Å². The highest BCUT2D eigenvalue weighted by Crippen LogP contribution is 2.22. The standard InChI is InChI=1S/C15H22N2O3S/c1-2-21(19,20)14-10-6-5-8-12(14)17-15(18)13-9-4-3-7-11-16-13/h5-6,8,10,13,16H,2-4,7,9,11H2,1H3,(H,17,18). The molecule has 1 unspecified atom stereocenters. The summed E-state index contributed by atoms with van der Waals surface area (Å²) >= 11 is 0. The molecule has 2 rings (SSSR count). The molecule has 1 aromatic carbocycles. The van der Waals surface area contributed by atoms with Crippen molar-refractivity contribution >= 4 is 21.4 Å². The van der Waals surface area contributed by atoms with Gasteiger partial charge in [0.05, 0.1) is 22.4 Å². The second-order valence-electron chi connectivity index (χ2n) is 5.24. The number of hydrogen-bond donors (Lipinski definition) is 2. The molecule has 21 heavy (non-hydrogen) atoms. The minimum absolute atomic E-state index is 0.0154. The molecule has 1 aromatic rings. The number of benzene rings is 1. The highest BCUT2D eigenvalue weighted by Gasteiger charge is 2.22. The Kier molecular flexibility index (Phi) is 5.36. The quantitative estimate of drug-likeness (QED) is 0.891. The van der Waals surface area contributed by atoms with Crippen molar-refractivity contribution in [1.82, 2.24) is 5.32 Å². The predicted octanol–water partition coefficient (Wildman–Crippen LogP) is 1.95. The summed E-state index contributed by atoms with van der Waals surface area (Å²) < 4.78 is 24.1. The van der Waals surface area contributed by atoms with Crippen molar-refractivity contribution in [2.24, 2.45) is 0 Å². The van der Waals surface area contributed by atoms with Gasteiger partial charge in [-0.2, -0.15) is 0 Å². The molecule has 0 bridgehead atoms. The van der Waals surface area contributed by atoms with Crippen LogP contribution in [-0.4, -0.2) is 32.7 Å². The van der Waals surface area contributed by atoms with Crippen molar-refractivity contribution in [1.29, 1.82) is 0 Å². The molecule has 1 fully saturated rings. The Balaban J connectivity index is 2.17. The van der Waals surface area contributed by atoms with Gasteiger partial charge in [-0.1, -0.05) is 31.9 Å². The Labute approximate surface area is 126 Å². The molecule has 1 atom stereocenters. The lowest BCUT2D eigenvalue weighted by molar-refractivity contribution is -0.118. The minimum Gasteiger partial charge on any atom is -0.324 e. The van der Waals surface area contributed by atoms with E-state index in [0.29, 0.717) is 5.69 Å². The topological polar surface area (TPSA) is 75.3 Å². The highest BCUT2D eigenvalue weighted by molar-refractivity contribution is 7.91. The summed E-state index contributed by atoms with van der Waals surface area (Å²) in [6.45, 7) is 2.42. The fraction of sp³-hybridized carbons (Fsp3) is 0.533. The third kappa shape index (κ3) is 4.04. The van der Waals surface area contributed by atoms with Crippen LogP contribution in [0.5, 0.6) is 0 Å². The molecule has 1 aliphatic rings. The third-order valence-electron chi connectivity index (χ3n) is 3.74. The Morgan fingerprint density at radius 1 is 1.29 bits per heavy atom. The smallest absolute Gasteiger partial charge is 0.241 e. The number of carbonyl (C=O) groups excluding carboxylic acids is 1. The van der Waals surface area contributed by atoms with E-state index in [0.717, 1.165) is 32.2 Å². The molecular weight excluding hydrogens is 288 g/mol. The van der Waals surface area contributed by atoms with Crippen LogP contribution in [0.4, 0.5) is 5.69 Å². The summed E-state index contributed by atoms with van der Waals surface area (Å²) in [5.41, 5.74) is 0.371. The lowest BCUT2D eigenvalue weighted by Crippen LogP contribution is -2.40. The highest BCUT2D eigenvalue weighted by atomic mass is 32.2. The number of anilines is 1. The SMILES string of the molecule is CCS(=O)(=O)c1ccccc1NC(=O)C1CCCCCN1. The van der Waals surface area contributed by atoms with Crippen molar-refractivity contribution in [3.8, 4) is 0 Å². The number of hydrogen-bond acceptors (Lipinski definition) is 4. The monoisotopic (exact) mass is 310 g/mol. The van der Waals surface area contributed by atoms with Gasteiger partial charge in [-0.15, -0.1) is 0 Å². The lowest BCUT2D eigenvalue weighted by Gasteiger charge is -2.17. The van der Waals surface area contributed by atoms with Crippen molar-refractivity contribution in [3.63, 3.8) is 0 Å². The summed E-state index contributed by atoms with van der Waals surface area (Å²) in [4.78, 5) is 12.5. The molecule has 0 radical (unpaired) electrons. The number of para-hydroxylation sites is 1. The first-order chi connectivity index (χ1) is 10.0. The van der Waals surface area contributed by atoms with Crippen LogP contribution in [0.2, 0.25) is 0 Å². The van der Waals surface area contributed by atoms with Gasteiger partial charge in [0.15, 0.2) is 9.84 Å². The molecule has 1 amide bonds. The van der Waals surface area contributed by atoms with Gasteiger partial charge in [0.2, 0.25) is 5.91 Å². The Morgan fingerprint density at radius 3 is 2.81 bits per heavy atom. The summed E-state index contributed by atoms with van der Waals surface area (Å²) in [5, 5.41) is 5.98. The molecule has 0 aliphatic carbocycles. The van der Waals surface area contributed by atoms with E-state index in [1.54, 1.807) is 25.1 Å². The Morgan fingerprint density at radius 2 is 2.05 bits per heavy atom. The zero-order chi connectivity index (χ0) is 15.3. The summed E-state index contributed by atoms with van der Waals surface area (Å²) in [6, 6.07) is 6.32. The number of sulfone groups is 1. The second-order valence-corrected chi connectivity index (χ2v) is 7.49. The first kappa shape index (κ1) is 16.0. The Hall–Kier alpha value is -1.40. The first-order valence-corrected chi connectivity index (χ1v) is 9.06. The van der Waals surface area contributed by atoms with Gasteiger partial charge < -0.3 is 10.6 Å². The van der Waals surface area contributed by atoms with E-state index in [2.05, 4.69) is 10.6 Å². The second kappa shape index (κ2) is 7.04. The molecule has 1 aliphatic heterocycles. The fourth-order valence-electron chi connectivity index (χ4n) is 2.47. The molecule has 5 nitrogen and oxygen atoms in total. The summed E-state index contributed by atoms with van der Waals surface area (Å²) in [5.74, 6) is -0.141. The molecule has 1 saturated heterocycles. The van der Waals surface area contributed by atoms with Gasteiger partial charge in [-0.25, -0.2) is 8.42 Å². The number of amides is 1. The van der Waals surface area contributed by atoms with E-state index in [4.69, 9.17) is 0 Å². The Bertz CT molecular complexity index is 591. The van der Waals surface area contributed by atoms with E-state index in [9.17, 15) is 13.2 Å². The van der Waals surface area contributed by atoms with Crippen LogP contribution in [-0.2, 0) is 14.6 Å². The van der Waals surface area contributed by atoms with Gasteiger partial charge in [-0.3, -0.25) is 4.79 Å². The van der Waals surface area contributed by atoms with Crippen LogP contribution in [0.15, 0.2) is 29.2 Å². The van der Waals surface area contributed by atoms with E-state index in [-0.39, 0.29) is 22.6 Å². The van der Waals surface area contributed by atoms with Crippen LogP contribution >= 0.6 is 0 Å². The van der Waals surface area contributed by atoms with E-state index in [1.807, 2.05) is 0 Å². The van der Waals surface area contributed by atoms with Crippen LogP contribution in [0.25, 0.3) is 0 Å². The average molecular weight is 310 g/mol. The molecular formula is C15H22N2O3S. The minimum atomic E-state index is -3.35. The van der Waals surface area contributed by atoms with E-state index in [1.165, 1.54) is 6.07 Å². The fourth-order valence-corrected chi connectivity index (χ4v) is 3.52. The molecule has 116 valence electrons. The maximum Gasteiger partial charge on any atom is 0.241 e. The molecule has 1 heterocycles. The predicted molar refractivity (Wildman–Crippen MR) is 83.1 cm³/mol. The van der Waals surface area contributed by atoms with E-state index >= 15 is 0 Å². The van der Waals surface area contributed by atoms with Crippen LogP contribution < -0.4 is 10.6 Å². The zero-order valence-corrected chi connectivity index (χ0v) is 13.1. The molecule has 0 saturated carbocycles. The molecule has 0 spiro atoms.